The molecule has 0 bridgehead atoms. The van der Waals surface area contributed by atoms with Crippen LogP contribution >= 0.6 is 0 Å². The van der Waals surface area contributed by atoms with Crippen LogP contribution < -0.4 is 19.9 Å². The number of fused-ring (bicyclic) bond motifs is 1. The van der Waals surface area contributed by atoms with E-state index in [4.69, 9.17) is 4.74 Å². The van der Waals surface area contributed by atoms with Crippen LogP contribution in [0.2, 0.25) is 0 Å². The average molecular weight is 321 g/mol. The van der Waals surface area contributed by atoms with Gasteiger partial charge in [-0.2, -0.15) is 0 Å². The number of allylic oxidation sites excluding steroid dienone is 1. The van der Waals surface area contributed by atoms with Crippen LogP contribution in [0, 0.1) is 0 Å². The second-order valence-corrected chi connectivity index (χ2v) is 6.32. The molecule has 1 saturated heterocycles. The van der Waals surface area contributed by atoms with Crippen LogP contribution in [0.15, 0.2) is 60.5 Å². The molecular weight excluding hydrogens is 298 g/mol. The summed E-state index contributed by atoms with van der Waals surface area (Å²) >= 11 is 0. The SMILES string of the molecule is CC1=CN(Cc2ccccc2)c2cccc(N3CCNCC3)c2O1. The minimum atomic E-state index is 0.847. The molecule has 0 atom stereocenters. The standard InChI is InChI=1S/C20H23N3O/c1-16-14-23(15-17-6-3-2-4-7-17)19-9-5-8-18(20(19)24-16)22-12-10-21-11-13-22/h2-9,14,21H,10-13,15H2,1H3. The van der Waals surface area contributed by atoms with Gasteiger partial charge in [0, 0.05) is 38.9 Å². The number of nitrogens with zero attached hydrogens (tertiary/aromatic N) is 2. The highest BCUT2D eigenvalue weighted by Crippen LogP contribution is 2.42. The molecule has 0 aliphatic carbocycles. The Kier molecular flexibility index (Phi) is 4.13. The lowest BCUT2D eigenvalue weighted by Gasteiger charge is -2.35. The number of anilines is 2. The van der Waals surface area contributed by atoms with Gasteiger partial charge in [0.15, 0.2) is 5.75 Å². The number of hydrogen-bond donors (Lipinski definition) is 1. The third-order valence-corrected chi connectivity index (χ3v) is 4.54. The molecule has 4 rings (SSSR count). The Morgan fingerprint density at radius 1 is 0.958 bits per heavy atom. The summed E-state index contributed by atoms with van der Waals surface area (Å²) in [6.07, 6.45) is 2.09. The Hall–Kier alpha value is -2.46. The molecule has 2 heterocycles. The van der Waals surface area contributed by atoms with Gasteiger partial charge in [0.2, 0.25) is 0 Å². The number of hydrogen-bond acceptors (Lipinski definition) is 4. The number of rotatable bonds is 3. The summed E-state index contributed by atoms with van der Waals surface area (Å²) in [4.78, 5) is 4.70. The van der Waals surface area contributed by atoms with E-state index in [0.29, 0.717) is 0 Å². The molecule has 1 N–H and O–H groups in total. The van der Waals surface area contributed by atoms with Gasteiger partial charge in [0.05, 0.1) is 11.4 Å². The lowest BCUT2D eigenvalue weighted by molar-refractivity contribution is 0.414. The highest BCUT2D eigenvalue weighted by molar-refractivity contribution is 5.75. The zero-order valence-corrected chi connectivity index (χ0v) is 14.0. The van der Waals surface area contributed by atoms with Gasteiger partial charge in [0.25, 0.3) is 0 Å². The van der Waals surface area contributed by atoms with E-state index in [1.165, 1.54) is 11.3 Å². The molecule has 0 amide bonds. The first kappa shape index (κ1) is 15.1. The quantitative estimate of drug-likeness (QED) is 0.938. The first-order valence-electron chi connectivity index (χ1n) is 8.57. The van der Waals surface area contributed by atoms with Crippen LogP contribution in [-0.2, 0) is 6.54 Å². The molecule has 2 aliphatic rings. The highest BCUT2D eigenvalue weighted by atomic mass is 16.5. The number of benzene rings is 2. The van der Waals surface area contributed by atoms with Gasteiger partial charge < -0.3 is 19.9 Å². The zero-order chi connectivity index (χ0) is 16.4. The van der Waals surface area contributed by atoms with Crippen LogP contribution in [0.1, 0.15) is 12.5 Å². The minimum Gasteiger partial charge on any atom is -0.456 e. The molecule has 1 fully saturated rings. The van der Waals surface area contributed by atoms with E-state index < -0.39 is 0 Å². The van der Waals surface area contributed by atoms with E-state index in [1.54, 1.807) is 0 Å². The molecule has 0 radical (unpaired) electrons. The largest absolute Gasteiger partial charge is 0.456 e. The van der Waals surface area contributed by atoms with E-state index >= 15 is 0 Å². The third kappa shape index (κ3) is 2.97. The Labute approximate surface area is 143 Å². The highest BCUT2D eigenvalue weighted by Gasteiger charge is 2.24. The summed E-state index contributed by atoms with van der Waals surface area (Å²) < 4.78 is 6.14. The van der Waals surface area contributed by atoms with Crippen LogP contribution in [-0.4, -0.2) is 26.2 Å². The van der Waals surface area contributed by atoms with Crippen LogP contribution in [0.25, 0.3) is 0 Å². The van der Waals surface area contributed by atoms with Crippen molar-refractivity contribution >= 4 is 11.4 Å². The fourth-order valence-corrected chi connectivity index (χ4v) is 3.39. The van der Waals surface area contributed by atoms with E-state index in [2.05, 4.69) is 69.8 Å². The molecule has 0 spiro atoms. The molecule has 0 unspecified atom stereocenters. The average Bonchev–Trinajstić information content (AvgIpc) is 2.63. The van der Waals surface area contributed by atoms with Gasteiger partial charge in [-0.15, -0.1) is 0 Å². The summed E-state index contributed by atoms with van der Waals surface area (Å²) in [7, 11) is 0. The van der Waals surface area contributed by atoms with Gasteiger partial charge >= 0.3 is 0 Å². The van der Waals surface area contributed by atoms with Gasteiger partial charge in [-0.3, -0.25) is 0 Å². The van der Waals surface area contributed by atoms with Crippen molar-refractivity contribution in [2.45, 2.75) is 13.5 Å². The van der Waals surface area contributed by atoms with Gasteiger partial charge in [-0.05, 0) is 24.6 Å². The molecule has 0 aromatic heterocycles. The molecule has 4 heteroatoms. The normalized spacial score (nSPS) is 17.1. The summed E-state index contributed by atoms with van der Waals surface area (Å²) in [5.74, 6) is 1.91. The van der Waals surface area contributed by atoms with E-state index in [-0.39, 0.29) is 0 Å². The van der Waals surface area contributed by atoms with Crippen molar-refractivity contribution in [1.82, 2.24) is 5.32 Å². The second-order valence-electron chi connectivity index (χ2n) is 6.32. The Morgan fingerprint density at radius 3 is 2.50 bits per heavy atom. The molecule has 24 heavy (non-hydrogen) atoms. The number of para-hydroxylation sites is 1. The molecule has 124 valence electrons. The maximum atomic E-state index is 6.14. The van der Waals surface area contributed by atoms with Gasteiger partial charge in [0.1, 0.15) is 5.76 Å². The van der Waals surface area contributed by atoms with Crippen LogP contribution in [0.5, 0.6) is 5.75 Å². The molecule has 4 nitrogen and oxygen atoms in total. The van der Waals surface area contributed by atoms with Gasteiger partial charge in [-0.1, -0.05) is 36.4 Å². The maximum Gasteiger partial charge on any atom is 0.173 e. The lowest BCUT2D eigenvalue weighted by Crippen LogP contribution is -2.43. The third-order valence-electron chi connectivity index (χ3n) is 4.54. The van der Waals surface area contributed by atoms with Crippen molar-refractivity contribution in [3.05, 3.63) is 66.1 Å². The summed E-state index contributed by atoms with van der Waals surface area (Å²) in [6, 6.07) is 17.0. The van der Waals surface area contributed by atoms with Crippen LogP contribution in [0.4, 0.5) is 11.4 Å². The van der Waals surface area contributed by atoms with Crippen molar-refractivity contribution in [3.8, 4) is 5.75 Å². The van der Waals surface area contributed by atoms with E-state index in [1.807, 2.05) is 6.92 Å². The monoisotopic (exact) mass is 321 g/mol. The van der Waals surface area contributed by atoms with E-state index in [9.17, 15) is 0 Å². The van der Waals surface area contributed by atoms with Crippen molar-refractivity contribution < 1.29 is 4.74 Å². The maximum absolute atomic E-state index is 6.14. The summed E-state index contributed by atoms with van der Waals surface area (Å²) in [6.45, 7) is 6.94. The molecule has 2 aromatic rings. The predicted molar refractivity (Wildman–Crippen MR) is 98.5 cm³/mol. The van der Waals surface area contributed by atoms with Crippen molar-refractivity contribution in [1.29, 1.82) is 0 Å². The second kappa shape index (κ2) is 6.57. The molecular formula is C20H23N3O. The number of nitrogens with one attached hydrogen (secondary N) is 1. The lowest BCUT2D eigenvalue weighted by atomic mass is 10.1. The van der Waals surface area contributed by atoms with Gasteiger partial charge in [-0.25, -0.2) is 0 Å². The molecule has 2 aliphatic heterocycles. The molecule has 0 saturated carbocycles. The Morgan fingerprint density at radius 2 is 1.71 bits per heavy atom. The van der Waals surface area contributed by atoms with Crippen LogP contribution in [0.3, 0.4) is 0 Å². The van der Waals surface area contributed by atoms with Crippen molar-refractivity contribution in [2.24, 2.45) is 0 Å². The minimum absolute atomic E-state index is 0.847. The summed E-state index contributed by atoms with van der Waals surface area (Å²) in [5, 5.41) is 3.41. The van der Waals surface area contributed by atoms with Crippen molar-refractivity contribution in [2.75, 3.05) is 36.0 Å². The summed E-state index contributed by atoms with van der Waals surface area (Å²) in [5.41, 5.74) is 3.63. The van der Waals surface area contributed by atoms with Crippen molar-refractivity contribution in [3.63, 3.8) is 0 Å². The fourth-order valence-electron chi connectivity index (χ4n) is 3.39. The Bertz CT molecular complexity index is 736. The first-order chi connectivity index (χ1) is 11.8. The number of ether oxygens (including phenoxy) is 1. The van der Waals surface area contributed by atoms with E-state index in [0.717, 1.165) is 49.9 Å². The first-order valence-corrected chi connectivity index (χ1v) is 8.57. The zero-order valence-electron chi connectivity index (χ0n) is 14.0. The number of piperazine rings is 1. The topological polar surface area (TPSA) is 27.7 Å². The predicted octanol–water partition coefficient (Wildman–Crippen LogP) is 3.36. The Balaban J connectivity index is 1.68. The molecule has 2 aromatic carbocycles. The smallest absolute Gasteiger partial charge is 0.173 e. The fraction of sp³-hybridized carbons (Fsp3) is 0.300.